The number of benzene rings is 1. The first-order valence-electron chi connectivity index (χ1n) is 5.54. The third-order valence-corrected chi connectivity index (χ3v) is 3.66. The zero-order valence-corrected chi connectivity index (χ0v) is 9.43. The highest BCUT2D eigenvalue weighted by Crippen LogP contribution is 2.54. The van der Waals surface area contributed by atoms with Gasteiger partial charge in [0.25, 0.3) is 0 Å². The van der Waals surface area contributed by atoms with Gasteiger partial charge in [0.15, 0.2) is 0 Å². The van der Waals surface area contributed by atoms with Crippen molar-refractivity contribution in [1.29, 1.82) is 0 Å². The molecular weight excluding hydrogens is 213 g/mol. The third-order valence-electron chi connectivity index (χ3n) is 3.66. The normalized spacial score (nSPS) is 18.9. The van der Waals surface area contributed by atoms with Gasteiger partial charge in [-0.1, -0.05) is 32.0 Å². The highest BCUT2D eigenvalue weighted by Gasteiger charge is 2.47. The minimum atomic E-state index is -4.23. The molecule has 2 rings (SSSR count). The quantitative estimate of drug-likeness (QED) is 0.704. The van der Waals surface area contributed by atoms with E-state index in [0.29, 0.717) is 5.92 Å². The van der Waals surface area contributed by atoms with Gasteiger partial charge >= 0.3 is 6.18 Å². The lowest BCUT2D eigenvalue weighted by Crippen LogP contribution is -2.16. The Morgan fingerprint density at radius 3 is 2.25 bits per heavy atom. The van der Waals surface area contributed by atoms with Crippen LogP contribution < -0.4 is 0 Å². The Balaban J connectivity index is 2.37. The maximum Gasteiger partial charge on any atom is 0.416 e. The Kier molecular flexibility index (Phi) is 2.52. The Bertz CT molecular complexity index is 386. The molecule has 0 heterocycles. The molecule has 1 aromatic rings. The fourth-order valence-corrected chi connectivity index (χ4v) is 2.34. The second-order valence-corrected chi connectivity index (χ2v) is 4.89. The van der Waals surface area contributed by atoms with Crippen molar-refractivity contribution in [3.05, 3.63) is 35.4 Å². The van der Waals surface area contributed by atoms with Crippen molar-refractivity contribution in [1.82, 2.24) is 0 Å². The van der Waals surface area contributed by atoms with E-state index in [1.165, 1.54) is 12.1 Å². The highest BCUT2D eigenvalue weighted by molar-refractivity contribution is 5.36. The van der Waals surface area contributed by atoms with Crippen molar-refractivity contribution in [3.63, 3.8) is 0 Å². The van der Waals surface area contributed by atoms with E-state index in [1.54, 1.807) is 0 Å². The monoisotopic (exact) mass is 228 g/mol. The van der Waals surface area contributed by atoms with Gasteiger partial charge in [-0.25, -0.2) is 0 Å². The summed E-state index contributed by atoms with van der Waals surface area (Å²) in [5.74, 6) is 0.399. The summed E-state index contributed by atoms with van der Waals surface area (Å²) >= 11 is 0. The molecule has 1 aliphatic rings. The van der Waals surface area contributed by atoms with Gasteiger partial charge in [-0.05, 0) is 35.8 Å². The fraction of sp³-hybridized carbons (Fsp3) is 0.538. The van der Waals surface area contributed by atoms with Crippen LogP contribution in [0.1, 0.15) is 37.8 Å². The predicted octanol–water partition coefficient (Wildman–Crippen LogP) is 4.39. The SMILES string of the molecule is CC(C)C1(c2cccc(C(F)(F)F)c2)CC1. The van der Waals surface area contributed by atoms with E-state index >= 15 is 0 Å². The Morgan fingerprint density at radius 2 is 1.81 bits per heavy atom. The van der Waals surface area contributed by atoms with Crippen LogP contribution in [0.2, 0.25) is 0 Å². The van der Waals surface area contributed by atoms with E-state index in [1.807, 2.05) is 6.07 Å². The summed E-state index contributed by atoms with van der Waals surface area (Å²) in [5.41, 5.74) is 0.315. The average Bonchev–Trinajstić information content (AvgIpc) is 2.97. The molecule has 0 spiro atoms. The molecule has 0 radical (unpaired) electrons. The van der Waals surface area contributed by atoms with Crippen LogP contribution in [0.25, 0.3) is 0 Å². The van der Waals surface area contributed by atoms with Gasteiger partial charge in [0.05, 0.1) is 5.56 Å². The fourth-order valence-electron chi connectivity index (χ4n) is 2.34. The maximum atomic E-state index is 12.6. The van der Waals surface area contributed by atoms with E-state index in [2.05, 4.69) is 13.8 Å². The molecule has 0 aromatic heterocycles. The second kappa shape index (κ2) is 3.51. The highest BCUT2D eigenvalue weighted by atomic mass is 19.4. The van der Waals surface area contributed by atoms with Crippen LogP contribution in [0.15, 0.2) is 24.3 Å². The van der Waals surface area contributed by atoms with Crippen molar-refractivity contribution >= 4 is 0 Å². The van der Waals surface area contributed by atoms with Gasteiger partial charge in [0.2, 0.25) is 0 Å². The summed E-state index contributed by atoms with van der Waals surface area (Å²) in [6.07, 6.45) is -2.22. The molecule has 16 heavy (non-hydrogen) atoms. The molecule has 0 N–H and O–H groups in total. The van der Waals surface area contributed by atoms with Gasteiger partial charge in [-0.2, -0.15) is 13.2 Å². The van der Waals surface area contributed by atoms with Crippen LogP contribution in [0.5, 0.6) is 0 Å². The number of hydrogen-bond acceptors (Lipinski definition) is 0. The van der Waals surface area contributed by atoms with Gasteiger partial charge < -0.3 is 0 Å². The number of halogens is 3. The molecule has 0 atom stereocenters. The molecule has 1 fully saturated rings. The minimum Gasteiger partial charge on any atom is -0.166 e. The van der Waals surface area contributed by atoms with Crippen molar-refractivity contribution in [2.45, 2.75) is 38.3 Å². The van der Waals surface area contributed by atoms with Crippen LogP contribution in [-0.4, -0.2) is 0 Å². The van der Waals surface area contributed by atoms with E-state index in [0.717, 1.165) is 24.5 Å². The topological polar surface area (TPSA) is 0 Å². The first-order valence-corrected chi connectivity index (χ1v) is 5.54. The van der Waals surface area contributed by atoms with Gasteiger partial charge in [0, 0.05) is 0 Å². The summed E-state index contributed by atoms with van der Waals surface area (Å²) in [6, 6.07) is 5.79. The molecule has 1 saturated carbocycles. The predicted molar refractivity (Wildman–Crippen MR) is 57.2 cm³/mol. The summed E-state index contributed by atoms with van der Waals surface area (Å²) in [5, 5.41) is 0. The smallest absolute Gasteiger partial charge is 0.166 e. The number of hydrogen-bond donors (Lipinski definition) is 0. The van der Waals surface area contributed by atoms with Crippen LogP contribution in [0.4, 0.5) is 13.2 Å². The number of rotatable bonds is 2. The van der Waals surface area contributed by atoms with Gasteiger partial charge in [-0.3, -0.25) is 0 Å². The molecule has 1 aliphatic carbocycles. The van der Waals surface area contributed by atoms with Gasteiger partial charge in [-0.15, -0.1) is 0 Å². The Morgan fingerprint density at radius 1 is 1.19 bits per heavy atom. The molecule has 0 nitrogen and oxygen atoms in total. The van der Waals surface area contributed by atoms with Crippen LogP contribution in [0.3, 0.4) is 0 Å². The Labute approximate surface area is 93.5 Å². The summed E-state index contributed by atoms with van der Waals surface area (Å²) in [6.45, 7) is 4.15. The zero-order chi connectivity index (χ0) is 12.0. The summed E-state index contributed by atoms with van der Waals surface area (Å²) in [4.78, 5) is 0. The maximum absolute atomic E-state index is 12.6. The standard InChI is InChI=1S/C13H15F3/c1-9(2)12(6-7-12)10-4-3-5-11(8-10)13(14,15)16/h3-5,8-9H,6-7H2,1-2H3. The van der Waals surface area contributed by atoms with Crippen molar-refractivity contribution in [3.8, 4) is 0 Å². The van der Waals surface area contributed by atoms with Crippen LogP contribution in [0, 0.1) is 5.92 Å². The molecule has 1 aromatic carbocycles. The first kappa shape index (κ1) is 11.5. The van der Waals surface area contributed by atoms with Crippen LogP contribution >= 0.6 is 0 Å². The van der Waals surface area contributed by atoms with E-state index in [9.17, 15) is 13.2 Å². The number of alkyl halides is 3. The lowest BCUT2D eigenvalue weighted by Gasteiger charge is -2.21. The molecular formula is C13H15F3. The van der Waals surface area contributed by atoms with Crippen molar-refractivity contribution in [2.24, 2.45) is 5.92 Å². The second-order valence-electron chi connectivity index (χ2n) is 4.89. The average molecular weight is 228 g/mol. The van der Waals surface area contributed by atoms with Crippen molar-refractivity contribution < 1.29 is 13.2 Å². The molecule has 3 heteroatoms. The Hall–Kier alpha value is -0.990. The molecule has 0 bridgehead atoms. The summed E-state index contributed by atoms with van der Waals surface area (Å²) in [7, 11) is 0. The first-order chi connectivity index (χ1) is 7.36. The molecule has 0 saturated heterocycles. The molecule has 0 unspecified atom stereocenters. The van der Waals surface area contributed by atoms with E-state index < -0.39 is 11.7 Å². The van der Waals surface area contributed by atoms with E-state index in [4.69, 9.17) is 0 Å². The van der Waals surface area contributed by atoms with Gasteiger partial charge in [0.1, 0.15) is 0 Å². The zero-order valence-electron chi connectivity index (χ0n) is 9.43. The van der Waals surface area contributed by atoms with Crippen LogP contribution in [-0.2, 0) is 11.6 Å². The van der Waals surface area contributed by atoms with Crippen molar-refractivity contribution in [2.75, 3.05) is 0 Å². The largest absolute Gasteiger partial charge is 0.416 e. The third kappa shape index (κ3) is 1.83. The molecule has 0 aliphatic heterocycles. The lowest BCUT2D eigenvalue weighted by atomic mass is 9.84. The lowest BCUT2D eigenvalue weighted by molar-refractivity contribution is -0.137. The molecule has 0 amide bonds. The molecule has 88 valence electrons. The minimum absolute atomic E-state index is 0.00125. The van der Waals surface area contributed by atoms with E-state index in [-0.39, 0.29) is 5.41 Å². The summed E-state index contributed by atoms with van der Waals surface area (Å²) < 4.78 is 37.7.